The van der Waals surface area contributed by atoms with E-state index in [1.54, 1.807) is 18.2 Å². The molecule has 116 valence electrons. The number of hydrogen-bond donors (Lipinski definition) is 1. The fourth-order valence-corrected chi connectivity index (χ4v) is 3.60. The maximum absolute atomic E-state index is 12.5. The van der Waals surface area contributed by atoms with Crippen molar-refractivity contribution < 1.29 is 9.59 Å². The standard InChI is InChI=1S/C16H11ClN2O2S2/c1-2-5-19-15(21)12(14(20)18-16(19)22)6-9-8-23-13-4-3-10(17)7-11(9)13/h2-4,6-8H,1,5H2,(H,18,20,22). The second kappa shape index (κ2) is 6.23. The van der Waals surface area contributed by atoms with E-state index in [2.05, 4.69) is 11.9 Å². The summed E-state index contributed by atoms with van der Waals surface area (Å²) in [6.07, 6.45) is 3.13. The van der Waals surface area contributed by atoms with Crippen LogP contribution in [0.3, 0.4) is 0 Å². The minimum Gasteiger partial charge on any atom is -0.298 e. The highest BCUT2D eigenvalue weighted by molar-refractivity contribution is 7.80. The molecule has 1 N–H and O–H groups in total. The van der Waals surface area contributed by atoms with Gasteiger partial charge in [-0.25, -0.2) is 0 Å². The first-order chi connectivity index (χ1) is 11.0. The molecule has 0 saturated carbocycles. The van der Waals surface area contributed by atoms with Gasteiger partial charge in [-0.1, -0.05) is 17.7 Å². The lowest BCUT2D eigenvalue weighted by atomic mass is 10.1. The van der Waals surface area contributed by atoms with Gasteiger partial charge in [-0.05, 0) is 47.4 Å². The fraction of sp³-hybridized carbons (Fsp3) is 0.0625. The Morgan fingerprint density at radius 1 is 1.39 bits per heavy atom. The van der Waals surface area contributed by atoms with Crippen LogP contribution >= 0.6 is 35.2 Å². The molecule has 4 nitrogen and oxygen atoms in total. The molecule has 1 aromatic carbocycles. The molecule has 1 fully saturated rings. The Morgan fingerprint density at radius 3 is 2.91 bits per heavy atom. The number of rotatable bonds is 3. The van der Waals surface area contributed by atoms with Crippen LogP contribution in [-0.4, -0.2) is 28.4 Å². The highest BCUT2D eigenvalue weighted by Gasteiger charge is 2.32. The third-order valence-corrected chi connectivity index (χ3v) is 4.90. The molecule has 2 amide bonds. The van der Waals surface area contributed by atoms with Crippen molar-refractivity contribution in [2.45, 2.75) is 0 Å². The van der Waals surface area contributed by atoms with Gasteiger partial charge in [-0.3, -0.25) is 19.8 Å². The van der Waals surface area contributed by atoms with Crippen molar-refractivity contribution in [2.75, 3.05) is 6.54 Å². The normalized spacial score (nSPS) is 17.0. The number of nitrogens with zero attached hydrogens (tertiary/aromatic N) is 1. The van der Waals surface area contributed by atoms with Gasteiger partial charge >= 0.3 is 0 Å². The maximum atomic E-state index is 12.5. The molecule has 0 atom stereocenters. The Morgan fingerprint density at radius 2 is 2.17 bits per heavy atom. The van der Waals surface area contributed by atoms with Crippen LogP contribution in [0.1, 0.15) is 5.56 Å². The molecular formula is C16H11ClN2O2S2. The van der Waals surface area contributed by atoms with Crippen LogP contribution in [0.25, 0.3) is 16.2 Å². The molecule has 23 heavy (non-hydrogen) atoms. The van der Waals surface area contributed by atoms with Crippen molar-refractivity contribution in [3.05, 3.63) is 52.4 Å². The first-order valence-corrected chi connectivity index (χ1v) is 8.34. The molecule has 1 saturated heterocycles. The lowest BCUT2D eigenvalue weighted by Gasteiger charge is -2.27. The van der Waals surface area contributed by atoms with Crippen LogP contribution < -0.4 is 5.32 Å². The molecule has 1 aromatic heterocycles. The first kappa shape index (κ1) is 15.9. The number of halogens is 1. The number of nitrogens with one attached hydrogen (secondary N) is 1. The van der Waals surface area contributed by atoms with Crippen molar-refractivity contribution in [1.29, 1.82) is 0 Å². The topological polar surface area (TPSA) is 49.4 Å². The van der Waals surface area contributed by atoms with Crippen molar-refractivity contribution >= 4 is 68.2 Å². The van der Waals surface area contributed by atoms with Gasteiger partial charge in [0.1, 0.15) is 5.57 Å². The van der Waals surface area contributed by atoms with E-state index in [1.807, 2.05) is 17.5 Å². The van der Waals surface area contributed by atoms with Crippen LogP contribution in [0.5, 0.6) is 0 Å². The summed E-state index contributed by atoms with van der Waals surface area (Å²) >= 11 is 12.6. The molecule has 1 aliphatic rings. The number of thiophene rings is 1. The average Bonchev–Trinajstić information content (AvgIpc) is 2.90. The van der Waals surface area contributed by atoms with Gasteiger partial charge in [-0.15, -0.1) is 17.9 Å². The van der Waals surface area contributed by atoms with E-state index >= 15 is 0 Å². The summed E-state index contributed by atoms with van der Waals surface area (Å²) < 4.78 is 1.03. The number of hydrogen-bond acceptors (Lipinski definition) is 4. The molecular weight excluding hydrogens is 352 g/mol. The molecule has 2 aromatic rings. The van der Waals surface area contributed by atoms with Gasteiger partial charge in [0.15, 0.2) is 5.11 Å². The summed E-state index contributed by atoms with van der Waals surface area (Å²) in [5.74, 6) is -0.929. The Bertz CT molecular complexity index is 885. The summed E-state index contributed by atoms with van der Waals surface area (Å²) in [5.41, 5.74) is 0.817. The second-order valence-electron chi connectivity index (χ2n) is 4.85. The zero-order valence-electron chi connectivity index (χ0n) is 11.8. The fourth-order valence-electron chi connectivity index (χ4n) is 2.28. The van der Waals surface area contributed by atoms with Gasteiger partial charge in [0, 0.05) is 21.7 Å². The van der Waals surface area contributed by atoms with Crippen molar-refractivity contribution in [3.63, 3.8) is 0 Å². The van der Waals surface area contributed by atoms with Gasteiger partial charge in [0.05, 0.1) is 0 Å². The predicted octanol–water partition coefficient (Wildman–Crippen LogP) is 3.37. The molecule has 3 rings (SSSR count). The van der Waals surface area contributed by atoms with E-state index in [4.69, 9.17) is 23.8 Å². The summed E-state index contributed by atoms with van der Waals surface area (Å²) in [6, 6.07) is 5.53. The number of fused-ring (bicyclic) bond motifs is 1. The first-order valence-electron chi connectivity index (χ1n) is 6.68. The number of carbonyl (C=O) groups excluding carboxylic acids is 2. The molecule has 0 aliphatic carbocycles. The van der Waals surface area contributed by atoms with E-state index in [0.717, 1.165) is 15.6 Å². The predicted molar refractivity (Wildman–Crippen MR) is 97.5 cm³/mol. The number of amides is 2. The summed E-state index contributed by atoms with van der Waals surface area (Å²) in [5, 5.41) is 6.01. The van der Waals surface area contributed by atoms with Crippen LogP contribution in [0.4, 0.5) is 0 Å². The molecule has 0 spiro atoms. The van der Waals surface area contributed by atoms with Gasteiger partial charge < -0.3 is 0 Å². The van der Waals surface area contributed by atoms with Crippen LogP contribution in [-0.2, 0) is 9.59 Å². The average molecular weight is 363 g/mol. The quantitative estimate of drug-likeness (QED) is 0.394. The Kier molecular flexibility index (Phi) is 4.30. The molecule has 0 radical (unpaired) electrons. The number of benzene rings is 1. The third kappa shape index (κ3) is 2.93. The van der Waals surface area contributed by atoms with E-state index in [0.29, 0.717) is 5.02 Å². The Hall–Kier alpha value is -2.02. The van der Waals surface area contributed by atoms with Crippen molar-refractivity contribution in [3.8, 4) is 0 Å². The second-order valence-corrected chi connectivity index (χ2v) is 6.59. The lowest BCUT2D eigenvalue weighted by molar-refractivity contribution is -0.128. The monoisotopic (exact) mass is 362 g/mol. The smallest absolute Gasteiger partial charge is 0.265 e. The van der Waals surface area contributed by atoms with E-state index in [-0.39, 0.29) is 17.2 Å². The maximum Gasteiger partial charge on any atom is 0.265 e. The molecule has 0 bridgehead atoms. The van der Waals surface area contributed by atoms with Crippen molar-refractivity contribution in [1.82, 2.24) is 10.2 Å². The zero-order chi connectivity index (χ0) is 16.6. The van der Waals surface area contributed by atoms with Crippen molar-refractivity contribution in [2.24, 2.45) is 0 Å². The SMILES string of the molecule is C=CCN1C(=O)C(=Cc2csc3ccc(Cl)cc23)C(=O)NC1=S. The van der Waals surface area contributed by atoms with Crippen LogP contribution in [0.15, 0.2) is 41.8 Å². The lowest BCUT2D eigenvalue weighted by Crippen LogP contribution is -2.53. The number of thiocarbonyl (C=S) groups is 1. The summed E-state index contributed by atoms with van der Waals surface area (Å²) in [4.78, 5) is 25.9. The summed E-state index contributed by atoms with van der Waals surface area (Å²) in [6.45, 7) is 3.84. The number of carbonyl (C=O) groups is 2. The van der Waals surface area contributed by atoms with E-state index in [9.17, 15) is 9.59 Å². The van der Waals surface area contributed by atoms with Gasteiger partial charge in [-0.2, -0.15) is 0 Å². The Labute approximate surface area is 147 Å². The highest BCUT2D eigenvalue weighted by atomic mass is 35.5. The molecule has 2 heterocycles. The van der Waals surface area contributed by atoms with E-state index in [1.165, 1.54) is 16.2 Å². The molecule has 7 heteroatoms. The minimum atomic E-state index is -0.498. The third-order valence-electron chi connectivity index (χ3n) is 3.36. The van der Waals surface area contributed by atoms with Crippen LogP contribution in [0.2, 0.25) is 5.02 Å². The largest absolute Gasteiger partial charge is 0.298 e. The van der Waals surface area contributed by atoms with Gasteiger partial charge in [0.2, 0.25) is 0 Å². The molecule has 1 aliphatic heterocycles. The zero-order valence-corrected chi connectivity index (χ0v) is 14.2. The van der Waals surface area contributed by atoms with E-state index < -0.39 is 11.8 Å². The summed E-state index contributed by atoms with van der Waals surface area (Å²) in [7, 11) is 0. The minimum absolute atomic E-state index is 0.0418. The Balaban J connectivity index is 2.07. The highest BCUT2D eigenvalue weighted by Crippen LogP contribution is 2.30. The van der Waals surface area contributed by atoms with Crippen LogP contribution in [0, 0.1) is 0 Å². The van der Waals surface area contributed by atoms with Gasteiger partial charge in [0.25, 0.3) is 11.8 Å². The molecule has 0 unspecified atom stereocenters.